The monoisotopic (exact) mass is 286 g/mol. The maximum Gasteiger partial charge on any atom is 0.268 e. The largest absolute Gasteiger partial charge is 0.384 e. The van der Waals surface area contributed by atoms with E-state index in [1.54, 1.807) is 11.4 Å². The number of thiophene rings is 1. The molecule has 102 valence electrons. The zero-order chi connectivity index (χ0) is 14.5. The minimum atomic E-state index is -0.236. The van der Waals surface area contributed by atoms with Crippen molar-refractivity contribution in [3.63, 3.8) is 0 Å². The second-order valence-electron chi connectivity index (χ2n) is 4.25. The number of aliphatic hydroxyl groups excluding tert-OH is 1. The highest BCUT2D eigenvalue weighted by atomic mass is 32.1. The van der Waals surface area contributed by atoms with E-state index in [4.69, 9.17) is 5.11 Å². The number of rotatable bonds is 2. The van der Waals surface area contributed by atoms with E-state index >= 15 is 0 Å². The summed E-state index contributed by atoms with van der Waals surface area (Å²) in [5, 5.41) is 13.3. The van der Waals surface area contributed by atoms with E-state index in [-0.39, 0.29) is 12.5 Å². The number of aliphatic hydroxyl groups is 1. The zero-order valence-corrected chi connectivity index (χ0v) is 12.0. The van der Waals surface area contributed by atoms with Crippen LogP contribution in [0.4, 0.5) is 5.82 Å². The van der Waals surface area contributed by atoms with Crippen molar-refractivity contribution in [2.24, 2.45) is 0 Å². The average Bonchev–Trinajstić information content (AvgIpc) is 2.83. The number of hydrogen-bond acceptors (Lipinski definition) is 4. The number of pyridine rings is 1. The lowest BCUT2D eigenvalue weighted by Crippen LogP contribution is -2.13. The first kappa shape index (κ1) is 14.3. The Labute approximate surface area is 121 Å². The highest BCUT2D eigenvalue weighted by Crippen LogP contribution is 2.18. The Hall–Kier alpha value is -2.16. The van der Waals surface area contributed by atoms with Crippen LogP contribution in [-0.4, -0.2) is 22.6 Å². The van der Waals surface area contributed by atoms with Crippen molar-refractivity contribution < 1.29 is 9.90 Å². The minimum Gasteiger partial charge on any atom is -0.384 e. The number of carbonyl (C=O) groups is 1. The Bertz CT molecular complexity index is 675. The van der Waals surface area contributed by atoms with Crippen molar-refractivity contribution in [2.45, 2.75) is 13.8 Å². The first-order valence-corrected chi connectivity index (χ1v) is 6.92. The summed E-state index contributed by atoms with van der Waals surface area (Å²) in [6.45, 7) is 3.61. The van der Waals surface area contributed by atoms with Gasteiger partial charge < -0.3 is 10.4 Å². The van der Waals surface area contributed by atoms with Crippen LogP contribution in [0.15, 0.2) is 23.6 Å². The van der Waals surface area contributed by atoms with E-state index in [2.05, 4.69) is 22.1 Å². The van der Waals surface area contributed by atoms with Crippen molar-refractivity contribution in [1.82, 2.24) is 4.98 Å². The van der Waals surface area contributed by atoms with E-state index in [0.717, 1.165) is 11.3 Å². The molecule has 4 nitrogen and oxygen atoms in total. The van der Waals surface area contributed by atoms with Gasteiger partial charge in [-0.1, -0.05) is 11.8 Å². The summed E-state index contributed by atoms with van der Waals surface area (Å²) >= 11 is 1.31. The Morgan fingerprint density at radius 1 is 1.45 bits per heavy atom. The maximum atomic E-state index is 12.2. The van der Waals surface area contributed by atoms with E-state index in [1.165, 1.54) is 11.3 Å². The molecular formula is C15H14N2O2S. The fourth-order valence-electron chi connectivity index (χ4n) is 1.80. The third kappa shape index (κ3) is 3.44. The molecule has 0 saturated carbocycles. The Morgan fingerprint density at radius 2 is 2.25 bits per heavy atom. The molecule has 1 amide bonds. The number of carbonyl (C=O) groups excluding carboxylic acids is 1. The van der Waals surface area contributed by atoms with Gasteiger partial charge in [-0.25, -0.2) is 4.98 Å². The van der Waals surface area contributed by atoms with Gasteiger partial charge >= 0.3 is 0 Å². The molecular weight excluding hydrogens is 272 g/mol. The Balaban J connectivity index is 2.22. The van der Waals surface area contributed by atoms with Gasteiger partial charge in [0, 0.05) is 11.3 Å². The van der Waals surface area contributed by atoms with Crippen molar-refractivity contribution in [3.05, 3.63) is 45.3 Å². The fourth-order valence-corrected chi connectivity index (χ4v) is 2.54. The van der Waals surface area contributed by atoms with Crippen LogP contribution in [-0.2, 0) is 0 Å². The lowest BCUT2D eigenvalue weighted by Gasteiger charge is -2.05. The van der Waals surface area contributed by atoms with E-state index in [9.17, 15) is 4.79 Å². The SMILES string of the molecule is Cc1cc(C)nc(NC(=O)c2sccc2C#CCO)c1. The standard InChI is InChI=1S/C15H14N2O2S/c1-10-8-11(2)16-13(9-10)17-15(19)14-12(4-3-6-18)5-7-20-14/h5,7-9,18H,6H2,1-2H3,(H,16,17,19). The van der Waals surface area contributed by atoms with Crippen LogP contribution < -0.4 is 5.32 Å². The van der Waals surface area contributed by atoms with Crippen molar-refractivity contribution in [2.75, 3.05) is 11.9 Å². The first-order chi connectivity index (χ1) is 9.60. The van der Waals surface area contributed by atoms with Crippen LogP contribution in [0, 0.1) is 25.7 Å². The molecule has 0 aromatic carbocycles. The molecule has 0 fully saturated rings. The zero-order valence-electron chi connectivity index (χ0n) is 11.2. The first-order valence-electron chi connectivity index (χ1n) is 6.04. The molecule has 0 aliphatic heterocycles. The number of aryl methyl sites for hydroxylation is 2. The predicted molar refractivity (Wildman–Crippen MR) is 79.9 cm³/mol. The Kier molecular flexibility index (Phi) is 4.51. The molecule has 5 heteroatoms. The third-order valence-electron chi connectivity index (χ3n) is 2.51. The second kappa shape index (κ2) is 6.33. The van der Waals surface area contributed by atoms with Crippen LogP contribution in [0.5, 0.6) is 0 Å². The Morgan fingerprint density at radius 3 is 2.95 bits per heavy atom. The van der Waals surface area contributed by atoms with Crippen LogP contribution in [0.25, 0.3) is 0 Å². The van der Waals surface area contributed by atoms with E-state index in [0.29, 0.717) is 16.3 Å². The van der Waals surface area contributed by atoms with Gasteiger partial charge in [0.1, 0.15) is 17.3 Å². The van der Waals surface area contributed by atoms with Gasteiger partial charge in [0.15, 0.2) is 0 Å². The molecule has 2 rings (SSSR count). The molecule has 2 heterocycles. The number of nitrogens with zero attached hydrogens (tertiary/aromatic N) is 1. The maximum absolute atomic E-state index is 12.2. The van der Waals surface area contributed by atoms with Crippen LogP contribution in [0.1, 0.15) is 26.5 Å². The van der Waals surface area contributed by atoms with Crippen molar-refractivity contribution in [3.8, 4) is 11.8 Å². The molecule has 0 aliphatic rings. The fraction of sp³-hybridized carbons (Fsp3) is 0.200. The lowest BCUT2D eigenvalue weighted by molar-refractivity contribution is 0.103. The highest BCUT2D eigenvalue weighted by molar-refractivity contribution is 7.12. The number of aromatic nitrogens is 1. The third-order valence-corrected chi connectivity index (χ3v) is 3.43. The number of amides is 1. The van der Waals surface area contributed by atoms with Gasteiger partial charge in [0.25, 0.3) is 5.91 Å². The summed E-state index contributed by atoms with van der Waals surface area (Å²) in [7, 11) is 0. The van der Waals surface area contributed by atoms with Gasteiger partial charge in [-0.05, 0) is 43.0 Å². The molecule has 0 spiro atoms. The summed E-state index contributed by atoms with van der Waals surface area (Å²) in [4.78, 5) is 17.0. The smallest absolute Gasteiger partial charge is 0.268 e. The second-order valence-corrected chi connectivity index (χ2v) is 5.16. The molecule has 2 N–H and O–H groups in total. The normalized spacial score (nSPS) is 9.75. The minimum absolute atomic E-state index is 0.227. The molecule has 0 radical (unpaired) electrons. The van der Waals surface area contributed by atoms with Crippen LogP contribution >= 0.6 is 11.3 Å². The van der Waals surface area contributed by atoms with Crippen molar-refractivity contribution in [1.29, 1.82) is 0 Å². The molecule has 0 bridgehead atoms. The topological polar surface area (TPSA) is 62.2 Å². The molecule has 2 aromatic rings. The number of hydrogen-bond donors (Lipinski definition) is 2. The molecule has 0 unspecified atom stereocenters. The summed E-state index contributed by atoms with van der Waals surface area (Å²) in [5.41, 5.74) is 2.51. The highest BCUT2D eigenvalue weighted by Gasteiger charge is 2.13. The molecule has 0 atom stereocenters. The summed E-state index contributed by atoms with van der Waals surface area (Å²) in [6, 6.07) is 5.52. The van der Waals surface area contributed by atoms with E-state index in [1.807, 2.05) is 26.0 Å². The number of anilines is 1. The van der Waals surface area contributed by atoms with Crippen LogP contribution in [0.2, 0.25) is 0 Å². The van der Waals surface area contributed by atoms with Crippen molar-refractivity contribution >= 4 is 23.1 Å². The molecule has 0 saturated heterocycles. The summed E-state index contributed by atoms with van der Waals surface area (Å²) < 4.78 is 0. The van der Waals surface area contributed by atoms with Gasteiger partial charge in [-0.2, -0.15) is 0 Å². The van der Waals surface area contributed by atoms with Gasteiger partial charge in [0.05, 0.1) is 0 Å². The quantitative estimate of drug-likeness (QED) is 0.833. The van der Waals surface area contributed by atoms with E-state index < -0.39 is 0 Å². The van der Waals surface area contributed by atoms with Crippen LogP contribution in [0.3, 0.4) is 0 Å². The summed E-state index contributed by atoms with van der Waals surface area (Å²) in [5.74, 6) is 5.60. The predicted octanol–water partition coefficient (Wildman–Crippen LogP) is 2.36. The average molecular weight is 286 g/mol. The molecule has 2 aromatic heterocycles. The van der Waals surface area contributed by atoms with Gasteiger partial charge in [-0.3, -0.25) is 4.79 Å². The van der Waals surface area contributed by atoms with Gasteiger partial charge in [-0.15, -0.1) is 11.3 Å². The molecule has 20 heavy (non-hydrogen) atoms. The lowest BCUT2D eigenvalue weighted by atomic mass is 10.2. The van der Waals surface area contributed by atoms with Gasteiger partial charge in [0.2, 0.25) is 0 Å². The summed E-state index contributed by atoms with van der Waals surface area (Å²) in [6.07, 6.45) is 0. The number of nitrogens with one attached hydrogen (secondary N) is 1. The molecule has 0 aliphatic carbocycles.